The molecule has 0 radical (unpaired) electrons. The van der Waals surface area contributed by atoms with Crippen LogP contribution in [0.1, 0.15) is 5.56 Å². The molecule has 4 aromatic rings. The maximum atomic E-state index is 6.07. The quantitative estimate of drug-likeness (QED) is 0.464. The Kier molecular flexibility index (Phi) is 4.44. The van der Waals surface area contributed by atoms with Gasteiger partial charge in [0.05, 0.1) is 11.4 Å². The van der Waals surface area contributed by atoms with Crippen LogP contribution in [-0.4, -0.2) is 9.97 Å². The summed E-state index contributed by atoms with van der Waals surface area (Å²) in [6, 6.07) is 25.9. The Morgan fingerprint density at radius 1 is 0.654 bits per heavy atom. The third-order valence-electron chi connectivity index (χ3n) is 4.07. The number of hydrogen-bond donors (Lipinski definition) is 0. The molecular weight excluding hydrogens is 320 g/mol. The molecule has 2 aromatic carbocycles. The van der Waals surface area contributed by atoms with Crippen LogP contribution in [-0.2, 0) is 0 Å². The van der Waals surface area contributed by atoms with Crippen LogP contribution >= 0.6 is 0 Å². The van der Waals surface area contributed by atoms with Gasteiger partial charge in [-0.1, -0.05) is 36.4 Å². The summed E-state index contributed by atoms with van der Waals surface area (Å²) in [5.41, 5.74) is 5.06. The van der Waals surface area contributed by atoms with Gasteiger partial charge in [-0.05, 0) is 55.0 Å². The van der Waals surface area contributed by atoms with Crippen molar-refractivity contribution < 1.29 is 4.74 Å². The summed E-state index contributed by atoms with van der Waals surface area (Å²) < 4.78 is 6.07. The normalized spacial score (nSPS) is 10.5. The first-order valence-corrected chi connectivity index (χ1v) is 8.50. The highest BCUT2D eigenvalue weighted by atomic mass is 16.5. The summed E-state index contributed by atoms with van der Waals surface area (Å²) in [6.45, 7) is 2.03. The summed E-state index contributed by atoms with van der Waals surface area (Å²) in [5.74, 6) is 1.56. The van der Waals surface area contributed by atoms with Crippen molar-refractivity contribution in [2.24, 2.45) is 0 Å². The van der Waals surface area contributed by atoms with Gasteiger partial charge in [0.15, 0.2) is 0 Å². The van der Waals surface area contributed by atoms with E-state index >= 15 is 0 Å². The van der Waals surface area contributed by atoms with E-state index in [2.05, 4.69) is 16.0 Å². The first-order valence-electron chi connectivity index (χ1n) is 8.50. The molecule has 0 aliphatic carbocycles. The minimum atomic E-state index is 0.780. The maximum Gasteiger partial charge on any atom is 0.128 e. The van der Waals surface area contributed by atoms with E-state index in [4.69, 9.17) is 4.74 Å². The Morgan fingerprint density at radius 2 is 1.35 bits per heavy atom. The first kappa shape index (κ1) is 16.0. The number of pyridine rings is 2. The zero-order chi connectivity index (χ0) is 17.8. The minimum absolute atomic E-state index is 0.780. The molecular formula is C23H18N2O. The monoisotopic (exact) mass is 338 g/mol. The predicted octanol–water partition coefficient (Wildman–Crippen LogP) is 5.91. The number of ether oxygens (including phenoxy) is 1. The molecule has 0 atom stereocenters. The van der Waals surface area contributed by atoms with Crippen molar-refractivity contribution in [3.8, 4) is 34.0 Å². The fourth-order valence-corrected chi connectivity index (χ4v) is 2.75. The highest BCUT2D eigenvalue weighted by Gasteiger charge is 2.05. The van der Waals surface area contributed by atoms with Crippen LogP contribution in [0.15, 0.2) is 91.3 Å². The zero-order valence-electron chi connectivity index (χ0n) is 14.5. The molecule has 126 valence electrons. The Hall–Kier alpha value is -3.46. The molecule has 4 rings (SSSR count). The lowest BCUT2D eigenvalue weighted by atomic mass is 10.1. The smallest absolute Gasteiger partial charge is 0.128 e. The van der Waals surface area contributed by atoms with E-state index in [1.54, 1.807) is 6.20 Å². The molecule has 2 aromatic heterocycles. The van der Waals surface area contributed by atoms with Gasteiger partial charge < -0.3 is 4.74 Å². The Morgan fingerprint density at radius 3 is 1.92 bits per heavy atom. The predicted molar refractivity (Wildman–Crippen MR) is 104 cm³/mol. The topological polar surface area (TPSA) is 35.0 Å². The van der Waals surface area contributed by atoms with Gasteiger partial charge in [0, 0.05) is 23.5 Å². The van der Waals surface area contributed by atoms with Crippen molar-refractivity contribution in [3.05, 3.63) is 96.8 Å². The number of rotatable bonds is 4. The van der Waals surface area contributed by atoms with E-state index in [1.807, 2.05) is 85.9 Å². The lowest BCUT2D eigenvalue weighted by Crippen LogP contribution is -1.88. The van der Waals surface area contributed by atoms with Crippen LogP contribution in [0.4, 0.5) is 0 Å². The van der Waals surface area contributed by atoms with Crippen LogP contribution < -0.4 is 4.74 Å². The molecule has 0 saturated carbocycles. The summed E-state index contributed by atoms with van der Waals surface area (Å²) in [5, 5.41) is 0. The molecule has 0 saturated heterocycles. The largest absolute Gasteiger partial charge is 0.457 e. The van der Waals surface area contributed by atoms with Crippen molar-refractivity contribution in [3.63, 3.8) is 0 Å². The molecule has 0 bridgehead atoms. The van der Waals surface area contributed by atoms with E-state index in [9.17, 15) is 0 Å². The highest BCUT2D eigenvalue weighted by molar-refractivity contribution is 5.63. The van der Waals surface area contributed by atoms with Gasteiger partial charge >= 0.3 is 0 Å². The van der Waals surface area contributed by atoms with Crippen LogP contribution in [0, 0.1) is 6.92 Å². The van der Waals surface area contributed by atoms with Crippen molar-refractivity contribution in [1.82, 2.24) is 9.97 Å². The van der Waals surface area contributed by atoms with Gasteiger partial charge in [0.1, 0.15) is 11.5 Å². The second-order valence-corrected chi connectivity index (χ2v) is 6.09. The Balaban J connectivity index is 1.60. The van der Waals surface area contributed by atoms with Crippen molar-refractivity contribution in [2.45, 2.75) is 6.92 Å². The van der Waals surface area contributed by atoms with Crippen molar-refractivity contribution in [1.29, 1.82) is 0 Å². The van der Waals surface area contributed by atoms with Gasteiger partial charge in [-0.2, -0.15) is 0 Å². The number of hydrogen-bond acceptors (Lipinski definition) is 3. The van der Waals surface area contributed by atoms with Crippen molar-refractivity contribution in [2.75, 3.05) is 0 Å². The second-order valence-electron chi connectivity index (χ2n) is 6.09. The van der Waals surface area contributed by atoms with Crippen LogP contribution in [0.3, 0.4) is 0 Å². The maximum absolute atomic E-state index is 6.07. The Labute approximate surface area is 153 Å². The SMILES string of the molecule is Cc1ccc(-c2cccc(Oc3cccc(-c4ccccn4)c3)c2)nc1. The van der Waals surface area contributed by atoms with Gasteiger partial charge in [0.25, 0.3) is 0 Å². The molecule has 0 spiro atoms. The van der Waals surface area contributed by atoms with Gasteiger partial charge in [-0.3, -0.25) is 9.97 Å². The average molecular weight is 338 g/mol. The lowest BCUT2D eigenvalue weighted by Gasteiger charge is -2.09. The average Bonchev–Trinajstić information content (AvgIpc) is 2.70. The molecule has 0 aliphatic rings. The van der Waals surface area contributed by atoms with Crippen LogP contribution in [0.2, 0.25) is 0 Å². The first-order chi connectivity index (χ1) is 12.8. The third kappa shape index (κ3) is 3.62. The number of nitrogens with zero attached hydrogens (tertiary/aromatic N) is 2. The molecule has 0 amide bonds. The van der Waals surface area contributed by atoms with Gasteiger partial charge in [-0.25, -0.2) is 0 Å². The molecule has 3 heteroatoms. The Bertz CT molecular complexity index is 1010. The molecule has 0 fully saturated rings. The number of aromatic nitrogens is 2. The highest BCUT2D eigenvalue weighted by Crippen LogP contribution is 2.29. The zero-order valence-corrected chi connectivity index (χ0v) is 14.5. The molecule has 2 heterocycles. The van der Waals surface area contributed by atoms with E-state index in [0.717, 1.165) is 39.6 Å². The van der Waals surface area contributed by atoms with E-state index in [0.29, 0.717) is 0 Å². The van der Waals surface area contributed by atoms with Gasteiger partial charge in [0.2, 0.25) is 0 Å². The minimum Gasteiger partial charge on any atom is -0.457 e. The summed E-state index contributed by atoms with van der Waals surface area (Å²) in [6.07, 6.45) is 3.67. The molecule has 3 nitrogen and oxygen atoms in total. The third-order valence-corrected chi connectivity index (χ3v) is 4.07. The van der Waals surface area contributed by atoms with E-state index in [-0.39, 0.29) is 0 Å². The van der Waals surface area contributed by atoms with Crippen LogP contribution in [0.5, 0.6) is 11.5 Å². The number of benzene rings is 2. The molecule has 26 heavy (non-hydrogen) atoms. The summed E-state index contributed by atoms with van der Waals surface area (Å²) in [4.78, 5) is 8.88. The number of aryl methyl sites for hydroxylation is 1. The van der Waals surface area contributed by atoms with E-state index in [1.165, 1.54) is 0 Å². The van der Waals surface area contributed by atoms with Gasteiger partial charge in [-0.15, -0.1) is 0 Å². The standard InChI is InChI=1S/C23H18N2O/c1-17-11-12-23(25-16-17)19-7-5-9-21(15-19)26-20-8-4-6-18(14-20)22-10-2-3-13-24-22/h2-16H,1H3. The second kappa shape index (κ2) is 7.19. The summed E-state index contributed by atoms with van der Waals surface area (Å²) >= 11 is 0. The van der Waals surface area contributed by atoms with Crippen molar-refractivity contribution >= 4 is 0 Å². The molecule has 0 aliphatic heterocycles. The molecule has 0 N–H and O–H groups in total. The fraction of sp³-hybridized carbons (Fsp3) is 0.0435. The fourth-order valence-electron chi connectivity index (χ4n) is 2.75. The summed E-state index contributed by atoms with van der Waals surface area (Å²) in [7, 11) is 0. The lowest BCUT2D eigenvalue weighted by molar-refractivity contribution is 0.483. The van der Waals surface area contributed by atoms with Crippen LogP contribution in [0.25, 0.3) is 22.5 Å². The molecule has 0 unspecified atom stereocenters. The van der Waals surface area contributed by atoms with E-state index < -0.39 is 0 Å².